The smallest absolute Gasteiger partial charge is 0.240 e. The first-order valence-electron chi connectivity index (χ1n) is 36.1. The molecule has 0 amide bonds. The molecule has 4 aliphatic heterocycles. The van der Waals surface area contributed by atoms with E-state index in [1.165, 1.54) is 39.0 Å². The molecule has 15 nitrogen and oxygen atoms in total. The number of aldehydes is 1. The second kappa shape index (κ2) is 21.8. The molecule has 2 saturated heterocycles. The number of aliphatic hydroxyl groups excluding tert-OH is 5. The second-order valence-corrected chi connectivity index (χ2v) is 36.1. The van der Waals surface area contributed by atoms with Gasteiger partial charge < -0.3 is 65.8 Å². The fraction of sp³-hybridized carbons (Fsp3) is 0.628. The SMILES string of the molecule is O=CC1CC2(CCC3(CCC(Cc4cccc(O)c4)C3)C2)CC12CC1CC3CC4C5CCC67Oc8cccc9c8C(=O)C8(C(O)=CC(Cc%10cccc(CO)c%10)=CC8C9=O)C(C8CCC9CCCCC9(O)C8)SSCNC8=CC(=C3CN8)C1(C2)C4C(O)(C6O)C(O)C5(CO)O7. The van der Waals surface area contributed by atoms with Gasteiger partial charge in [-0.25, -0.2) is 0 Å². The number of carbonyl (C=O) groups is 3. The number of fused-ring (bicyclic) bond motifs is 1. The van der Waals surface area contributed by atoms with E-state index >= 15 is 9.59 Å². The molecule has 10 fully saturated rings. The zero-order valence-electron chi connectivity index (χ0n) is 54.2. The molecule has 22 atom stereocenters. The van der Waals surface area contributed by atoms with E-state index in [1.54, 1.807) is 30.3 Å². The first-order chi connectivity index (χ1) is 45.8. The number of aromatic hydroxyl groups is 1. The Morgan fingerprint density at radius 3 is 2.43 bits per heavy atom. The summed E-state index contributed by atoms with van der Waals surface area (Å²) in [5, 5.41) is 108. The Hall–Kier alpha value is -4.95. The third-order valence-electron chi connectivity index (χ3n) is 29.3. The van der Waals surface area contributed by atoms with Crippen LogP contribution in [0.25, 0.3) is 0 Å². The highest BCUT2D eigenvalue weighted by atomic mass is 33.1. The van der Waals surface area contributed by atoms with Crippen LogP contribution in [0, 0.1) is 86.3 Å². The summed E-state index contributed by atoms with van der Waals surface area (Å²) in [6.45, 7) is -0.332. The minimum atomic E-state index is -2.39. The summed E-state index contributed by atoms with van der Waals surface area (Å²) in [5.74, 6) is -4.86. The number of benzene rings is 3. The number of nitrogens with one attached hydrogen (secondary N) is 2. The quantitative estimate of drug-likeness (QED) is 0.0743. The number of carbonyl (C=O) groups excluding carboxylic acids is 3. The number of aliphatic hydroxyl groups is 7. The van der Waals surface area contributed by atoms with E-state index in [9.17, 15) is 45.6 Å². The fourth-order valence-electron chi connectivity index (χ4n) is 26.1. The number of phenolic OH excluding ortho intramolecular Hbond substituents is 1. The predicted molar refractivity (Wildman–Crippen MR) is 358 cm³/mol. The molecule has 8 saturated carbocycles. The minimum absolute atomic E-state index is 0.0178. The number of ketones is 2. The lowest BCUT2D eigenvalue weighted by molar-refractivity contribution is -0.461. The normalized spacial score (nSPS) is 46.3. The number of ether oxygens (including phenoxy) is 2. The van der Waals surface area contributed by atoms with Crippen molar-refractivity contribution in [3.05, 3.63) is 141 Å². The third-order valence-corrected chi connectivity index (χ3v) is 32.0. The van der Waals surface area contributed by atoms with Crippen LogP contribution >= 0.6 is 21.6 Å². The van der Waals surface area contributed by atoms with Crippen molar-refractivity contribution in [2.45, 2.75) is 194 Å². The number of phenols is 1. The summed E-state index contributed by atoms with van der Waals surface area (Å²) in [4.78, 5) is 47.6. The standard InChI is InChI=1S/C78H92N2O13S2/c81-36-46-8-3-6-43(23-46)24-47-26-59-64(86)54-11-5-12-60-63(54)66(87)77(59,61(85)27-47)67(48-13-14-50-9-1-2-17-73(50,90)32-48)95-94-42-80-62-30-58-56(35-79-62)49-28-51-34-72(39-71(33-52(72)37-82)21-20-70(38-71)18-15-45(31-70)22-44-7-4-10-53(84)25-44)40-74(51,58)65-55(29-49)57-16-19-76(92-60)69(89)78(65,91)68(88)75(57,41-83)93-76/h3-8,10-12,23,25-27,30,37,45,48-52,55,57,59,65,67-69,79-81,83-85,88-91H,1-2,9,13-22,24,28-29,31-36,38-42H2. The molecule has 0 aromatic heterocycles. The van der Waals surface area contributed by atoms with Gasteiger partial charge in [-0.15, -0.1) is 0 Å². The Morgan fingerprint density at radius 2 is 1.59 bits per heavy atom. The van der Waals surface area contributed by atoms with E-state index in [0.717, 1.165) is 113 Å². The van der Waals surface area contributed by atoms with Crippen molar-refractivity contribution in [3.63, 3.8) is 0 Å². The highest BCUT2D eigenvalue weighted by molar-refractivity contribution is 8.77. The largest absolute Gasteiger partial charge is 0.511 e. The highest BCUT2D eigenvalue weighted by Gasteiger charge is 2.85. The van der Waals surface area contributed by atoms with Crippen LogP contribution in [0.15, 0.2) is 113 Å². The lowest BCUT2D eigenvalue weighted by Gasteiger charge is -2.72. The zero-order chi connectivity index (χ0) is 65.0. The van der Waals surface area contributed by atoms with Crippen LogP contribution in [0.3, 0.4) is 0 Å². The Kier molecular flexibility index (Phi) is 14.3. The molecule has 16 aliphatic rings. The molecule has 12 aliphatic carbocycles. The van der Waals surface area contributed by atoms with E-state index in [1.807, 2.05) is 42.5 Å². The van der Waals surface area contributed by atoms with Gasteiger partial charge in [-0.05, 0) is 250 Å². The van der Waals surface area contributed by atoms with Crippen molar-refractivity contribution >= 4 is 39.4 Å². The monoisotopic (exact) mass is 1330 g/mol. The Bertz CT molecular complexity index is 3870. The molecule has 95 heavy (non-hydrogen) atoms. The molecule has 504 valence electrons. The molecule has 22 unspecified atom stereocenters. The van der Waals surface area contributed by atoms with E-state index < -0.39 is 92.2 Å². The van der Waals surface area contributed by atoms with Crippen molar-refractivity contribution in [2.75, 3.05) is 19.0 Å². The van der Waals surface area contributed by atoms with Gasteiger partial charge in [-0.3, -0.25) is 9.59 Å². The van der Waals surface area contributed by atoms with Gasteiger partial charge in [0, 0.05) is 41.0 Å². The van der Waals surface area contributed by atoms with Gasteiger partial charge >= 0.3 is 0 Å². The molecule has 3 aromatic carbocycles. The number of allylic oxidation sites excluding steroid dienone is 6. The average Bonchev–Trinajstić information content (AvgIpc) is 1.63. The molecule has 6 spiro atoms. The molecular formula is C78H92N2O13S2. The van der Waals surface area contributed by atoms with Crippen molar-refractivity contribution < 1.29 is 64.7 Å². The number of rotatable bonds is 8. The van der Waals surface area contributed by atoms with Crippen LogP contribution in [0.5, 0.6) is 11.5 Å². The molecule has 19 rings (SSSR count). The van der Waals surface area contributed by atoms with Gasteiger partial charge in [0.05, 0.1) is 42.0 Å². The molecule has 3 aromatic rings. The lowest BCUT2D eigenvalue weighted by Crippen LogP contribution is -2.88. The zero-order valence-corrected chi connectivity index (χ0v) is 55.8. The summed E-state index contributed by atoms with van der Waals surface area (Å²) < 4.78 is 14.7. The van der Waals surface area contributed by atoms with Gasteiger partial charge in [-0.1, -0.05) is 89.0 Å². The lowest BCUT2D eigenvalue weighted by atomic mass is 9.42. The third kappa shape index (κ3) is 8.67. The number of hydrogen-bond acceptors (Lipinski definition) is 17. The summed E-state index contributed by atoms with van der Waals surface area (Å²) in [7, 11) is 3.02. The Labute approximate surface area is 563 Å². The summed E-state index contributed by atoms with van der Waals surface area (Å²) in [5.41, 5.74) is -2.57. The number of hydrogen-bond donors (Lipinski definition) is 10. The van der Waals surface area contributed by atoms with Gasteiger partial charge in [-0.2, -0.15) is 0 Å². The first kappa shape index (κ1) is 62.3. The molecular weight excluding hydrogens is 1240 g/mol. The van der Waals surface area contributed by atoms with E-state index in [2.05, 4.69) is 22.8 Å². The van der Waals surface area contributed by atoms with Crippen molar-refractivity contribution in [3.8, 4) is 11.5 Å². The second-order valence-electron chi connectivity index (χ2n) is 33.6. The molecule has 4 heterocycles. The van der Waals surface area contributed by atoms with Crippen molar-refractivity contribution in [1.29, 1.82) is 0 Å². The van der Waals surface area contributed by atoms with Crippen LogP contribution in [0.4, 0.5) is 0 Å². The van der Waals surface area contributed by atoms with E-state index in [4.69, 9.17) is 9.47 Å². The molecule has 10 N–H and O–H groups in total. The van der Waals surface area contributed by atoms with Crippen LogP contribution in [-0.2, 0) is 29.0 Å². The summed E-state index contributed by atoms with van der Waals surface area (Å²) >= 11 is 0. The van der Waals surface area contributed by atoms with Crippen LogP contribution in [0.1, 0.15) is 172 Å². The van der Waals surface area contributed by atoms with Crippen molar-refractivity contribution in [1.82, 2.24) is 10.6 Å². The van der Waals surface area contributed by atoms with Crippen LogP contribution in [0.2, 0.25) is 0 Å². The summed E-state index contributed by atoms with van der Waals surface area (Å²) in [6.07, 6.45) is 21.3. The minimum Gasteiger partial charge on any atom is -0.511 e. The maximum Gasteiger partial charge on any atom is 0.240 e. The maximum absolute atomic E-state index is 17.1. The van der Waals surface area contributed by atoms with Gasteiger partial charge in [0.25, 0.3) is 0 Å². The van der Waals surface area contributed by atoms with Crippen molar-refractivity contribution in [2.24, 2.45) is 86.3 Å². The highest BCUT2D eigenvalue weighted by Crippen LogP contribution is 2.81. The maximum atomic E-state index is 17.1. The first-order valence-corrected chi connectivity index (χ1v) is 38.5. The van der Waals surface area contributed by atoms with Gasteiger partial charge in [0.1, 0.15) is 46.3 Å². The fourth-order valence-corrected chi connectivity index (χ4v) is 29.1. The molecule has 10 bridgehead atoms. The summed E-state index contributed by atoms with van der Waals surface area (Å²) in [6, 6.07) is 20.1. The molecule has 17 heteroatoms. The average molecular weight is 1330 g/mol. The van der Waals surface area contributed by atoms with Gasteiger partial charge in [0.2, 0.25) is 5.79 Å². The molecule has 0 radical (unpaired) electrons. The number of Topliss-reactive ketones (excluding diaryl/α,β-unsaturated/α-hetero) is 2. The number of dihydropyridines is 1. The predicted octanol–water partition coefficient (Wildman–Crippen LogP) is 10.8. The van der Waals surface area contributed by atoms with E-state index in [-0.39, 0.29) is 82.0 Å². The van der Waals surface area contributed by atoms with E-state index in [0.29, 0.717) is 80.2 Å². The Balaban J connectivity index is 0.776. The van der Waals surface area contributed by atoms with Gasteiger partial charge in [0.15, 0.2) is 17.7 Å². The topological polar surface area (TPSA) is 256 Å². The Morgan fingerprint density at radius 1 is 0.758 bits per heavy atom. The van der Waals surface area contributed by atoms with Crippen LogP contribution in [-0.4, -0.2) is 118 Å². The van der Waals surface area contributed by atoms with Crippen LogP contribution < -0.4 is 15.4 Å².